The molecule has 3 rings (SSSR count). The van der Waals surface area contributed by atoms with Crippen molar-refractivity contribution < 1.29 is 18.4 Å². The summed E-state index contributed by atoms with van der Waals surface area (Å²) in [5, 5.41) is 5.56. The Morgan fingerprint density at radius 1 is 0.724 bits per heavy atom. The number of hydrogen-bond donors (Lipinski definition) is 2. The molecule has 148 valence electrons. The van der Waals surface area contributed by atoms with E-state index in [1.54, 1.807) is 36.4 Å². The van der Waals surface area contributed by atoms with Crippen molar-refractivity contribution >= 4 is 35.3 Å². The van der Waals surface area contributed by atoms with Gasteiger partial charge in [0.1, 0.15) is 23.0 Å². The van der Waals surface area contributed by atoms with E-state index >= 15 is 0 Å². The number of hydrogen-bond acceptors (Lipinski definition) is 4. The summed E-state index contributed by atoms with van der Waals surface area (Å²) >= 11 is 0. The van der Waals surface area contributed by atoms with Crippen LogP contribution in [0.4, 0.5) is 11.4 Å². The number of nitrogens with one attached hydrogen (secondary N) is 2. The monoisotopic (exact) mass is 390 g/mol. The second-order valence-corrected chi connectivity index (χ2v) is 6.59. The van der Waals surface area contributed by atoms with Crippen molar-refractivity contribution in [1.29, 1.82) is 0 Å². The lowest BCUT2D eigenvalue weighted by atomic mass is 10.2. The smallest absolute Gasteiger partial charge is 0.248 e. The Labute approximate surface area is 168 Å². The standard InChI is InChI=1S/C23H22N2O4/c1-15-4-11-20(24-22(26)12-9-18-7-5-16(2)28-18)21(14-15)25-23(27)13-10-19-8-6-17(3)29-19/h4-14H,1-3H3,(H,24,26)(H,25,27)/b12-9+,13-10-. The minimum Gasteiger partial charge on any atom is -0.462 e. The topological polar surface area (TPSA) is 84.5 Å². The Kier molecular flexibility index (Phi) is 6.14. The van der Waals surface area contributed by atoms with E-state index in [0.29, 0.717) is 22.9 Å². The fourth-order valence-corrected chi connectivity index (χ4v) is 2.62. The van der Waals surface area contributed by atoms with E-state index in [1.165, 1.54) is 12.2 Å². The molecule has 0 bridgehead atoms. The lowest BCUT2D eigenvalue weighted by molar-refractivity contribution is -0.112. The highest BCUT2D eigenvalue weighted by Gasteiger charge is 2.08. The average molecular weight is 390 g/mol. The Morgan fingerprint density at radius 3 is 1.72 bits per heavy atom. The first kappa shape index (κ1) is 19.9. The van der Waals surface area contributed by atoms with Crippen LogP contribution in [0.3, 0.4) is 0 Å². The molecule has 6 nitrogen and oxygen atoms in total. The first-order valence-electron chi connectivity index (χ1n) is 9.11. The maximum atomic E-state index is 12.3. The largest absolute Gasteiger partial charge is 0.462 e. The van der Waals surface area contributed by atoms with Gasteiger partial charge in [-0.2, -0.15) is 0 Å². The molecule has 0 saturated carbocycles. The minimum absolute atomic E-state index is 0.332. The number of amides is 2. The van der Waals surface area contributed by atoms with Crippen LogP contribution in [0, 0.1) is 20.8 Å². The molecule has 0 unspecified atom stereocenters. The lowest BCUT2D eigenvalue weighted by Crippen LogP contribution is -2.13. The van der Waals surface area contributed by atoms with Crippen LogP contribution in [0.1, 0.15) is 28.6 Å². The summed E-state index contributed by atoms with van der Waals surface area (Å²) in [6.07, 6.45) is 5.93. The van der Waals surface area contributed by atoms with E-state index in [4.69, 9.17) is 8.83 Å². The van der Waals surface area contributed by atoms with E-state index < -0.39 is 0 Å². The van der Waals surface area contributed by atoms with Gasteiger partial charge in [0.05, 0.1) is 11.4 Å². The molecule has 0 fully saturated rings. The molecular formula is C23H22N2O4. The zero-order chi connectivity index (χ0) is 20.8. The van der Waals surface area contributed by atoms with Crippen molar-refractivity contribution in [1.82, 2.24) is 0 Å². The highest BCUT2D eigenvalue weighted by atomic mass is 16.3. The van der Waals surface area contributed by atoms with Crippen LogP contribution in [0.15, 0.2) is 63.5 Å². The van der Waals surface area contributed by atoms with E-state index in [2.05, 4.69) is 10.6 Å². The summed E-state index contributed by atoms with van der Waals surface area (Å²) in [5.74, 6) is 2.06. The first-order chi connectivity index (χ1) is 13.9. The Bertz CT molecular complexity index is 1090. The number of anilines is 2. The summed E-state index contributed by atoms with van der Waals surface area (Å²) in [7, 11) is 0. The molecule has 2 amide bonds. The van der Waals surface area contributed by atoms with Gasteiger partial charge in [-0.3, -0.25) is 9.59 Å². The van der Waals surface area contributed by atoms with Gasteiger partial charge in [-0.15, -0.1) is 0 Å². The normalized spacial score (nSPS) is 11.3. The third kappa shape index (κ3) is 5.84. The molecule has 29 heavy (non-hydrogen) atoms. The first-order valence-corrected chi connectivity index (χ1v) is 9.11. The SMILES string of the molecule is Cc1ccc(NC(=O)/C=C/c2ccc(C)o2)c(NC(=O)/C=C\c2ccc(C)o2)c1. The summed E-state index contributed by atoms with van der Waals surface area (Å²) in [4.78, 5) is 24.5. The quantitative estimate of drug-likeness (QED) is 0.574. The number of benzene rings is 1. The maximum absolute atomic E-state index is 12.3. The molecule has 0 aliphatic heterocycles. The van der Waals surface area contributed by atoms with Gasteiger partial charge in [0, 0.05) is 12.2 Å². The average Bonchev–Trinajstić information content (AvgIpc) is 3.28. The molecule has 3 aromatic rings. The molecule has 0 aliphatic rings. The maximum Gasteiger partial charge on any atom is 0.248 e. The van der Waals surface area contributed by atoms with Crippen LogP contribution in [0.25, 0.3) is 12.2 Å². The highest BCUT2D eigenvalue weighted by molar-refractivity contribution is 6.07. The Hall–Kier alpha value is -3.80. The molecule has 2 heterocycles. The zero-order valence-electron chi connectivity index (χ0n) is 16.5. The van der Waals surface area contributed by atoms with Crippen LogP contribution in [-0.2, 0) is 9.59 Å². The second-order valence-electron chi connectivity index (χ2n) is 6.59. The van der Waals surface area contributed by atoms with Gasteiger partial charge in [-0.1, -0.05) is 6.07 Å². The predicted octanol–water partition coefficient (Wildman–Crippen LogP) is 5.10. The van der Waals surface area contributed by atoms with E-state index in [1.807, 2.05) is 39.0 Å². The van der Waals surface area contributed by atoms with Gasteiger partial charge in [0.25, 0.3) is 0 Å². The van der Waals surface area contributed by atoms with Crippen molar-refractivity contribution in [2.24, 2.45) is 0 Å². The van der Waals surface area contributed by atoms with Crippen molar-refractivity contribution in [2.45, 2.75) is 20.8 Å². The lowest BCUT2D eigenvalue weighted by Gasteiger charge is -2.11. The summed E-state index contributed by atoms with van der Waals surface area (Å²) in [5.41, 5.74) is 1.95. The summed E-state index contributed by atoms with van der Waals surface area (Å²) in [6.45, 7) is 5.57. The summed E-state index contributed by atoms with van der Waals surface area (Å²) < 4.78 is 10.8. The van der Waals surface area contributed by atoms with Crippen molar-refractivity contribution in [3.05, 3.63) is 83.2 Å². The molecule has 0 saturated heterocycles. The number of aryl methyl sites for hydroxylation is 3. The van der Waals surface area contributed by atoms with Gasteiger partial charge in [-0.25, -0.2) is 0 Å². The summed E-state index contributed by atoms with van der Waals surface area (Å²) in [6, 6.07) is 12.6. The third-order valence-corrected chi connectivity index (χ3v) is 4.01. The number of carbonyl (C=O) groups excluding carboxylic acids is 2. The molecular weight excluding hydrogens is 368 g/mol. The fraction of sp³-hybridized carbons (Fsp3) is 0.130. The second kappa shape index (κ2) is 8.93. The third-order valence-electron chi connectivity index (χ3n) is 4.01. The molecule has 2 aromatic heterocycles. The van der Waals surface area contributed by atoms with Gasteiger partial charge < -0.3 is 19.5 Å². The van der Waals surface area contributed by atoms with Gasteiger partial charge in [-0.05, 0) is 74.9 Å². The molecule has 1 aromatic carbocycles. The molecule has 0 aliphatic carbocycles. The molecule has 0 atom stereocenters. The van der Waals surface area contributed by atoms with Crippen molar-refractivity contribution in [2.75, 3.05) is 10.6 Å². The van der Waals surface area contributed by atoms with E-state index in [0.717, 1.165) is 17.1 Å². The predicted molar refractivity (Wildman–Crippen MR) is 113 cm³/mol. The zero-order valence-corrected chi connectivity index (χ0v) is 16.5. The van der Waals surface area contributed by atoms with Crippen LogP contribution in [-0.4, -0.2) is 11.8 Å². The number of furan rings is 2. The van der Waals surface area contributed by atoms with Crippen LogP contribution in [0.2, 0.25) is 0 Å². The van der Waals surface area contributed by atoms with Gasteiger partial charge >= 0.3 is 0 Å². The number of rotatable bonds is 6. The van der Waals surface area contributed by atoms with Crippen molar-refractivity contribution in [3.8, 4) is 0 Å². The van der Waals surface area contributed by atoms with Crippen LogP contribution in [0.5, 0.6) is 0 Å². The van der Waals surface area contributed by atoms with E-state index in [-0.39, 0.29) is 11.8 Å². The molecule has 0 spiro atoms. The Balaban J connectivity index is 1.68. The minimum atomic E-state index is -0.333. The van der Waals surface area contributed by atoms with Gasteiger partial charge in [0.2, 0.25) is 11.8 Å². The van der Waals surface area contributed by atoms with Crippen molar-refractivity contribution in [3.63, 3.8) is 0 Å². The van der Waals surface area contributed by atoms with E-state index in [9.17, 15) is 9.59 Å². The van der Waals surface area contributed by atoms with Gasteiger partial charge in [0.15, 0.2) is 0 Å². The fourth-order valence-electron chi connectivity index (χ4n) is 2.62. The molecule has 0 radical (unpaired) electrons. The molecule has 6 heteroatoms. The van der Waals surface area contributed by atoms with Crippen LogP contribution >= 0.6 is 0 Å². The Morgan fingerprint density at radius 2 is 1.24 bits per heavy atom. The molecule has 2 N–H and O–H groups in total. The van der Waals surface area contributed by atoms with Crippen LogP contribution < -0.4 is 10.6 Å². The number of carbonyl (C=O) groups is 2. The highest BCUT2D eigenvalue weighted by Crippen LogP contribution is 2.23.